The van der Waals surface area contributed by atoms with E-state index in [0.717, 1.165) is 10.0 Å². The molecule has 1 aromatic heterocycles. The van der Waals surface area contributed by atoms with Gasteiger partial charge in [-0.3, -0.25) is 4.79 Å². The van der Waals surface area contributed by atoms with Gasteiger partial charge in [0.1, 0.15) is 5.76 Å². The van der Waals surface area contributed by atoms with Gasteiger partial charge in [-0.2, -0.15) is 5.10 Å². The van der Waals surface area contributed by atoms with E-state index in [4.69, 9.17) is 4.42 Å². The van der Waals surface area contributed by atoms with Crippen LogP contribution in [0.25, 0.3) is 6.08 Å². The third-order valence-electron chi connectivity index (χ3n) is 2.56. The maximum absolute atomic E-state index is 11.7. The Morgan fingerprint density at radius 3 is 2.70 bits per heavy atom. The summed E-state index contributed by atoms with van der Waals surface area (Å²) in [4.78, 5) is 11.7. The maximum atomic E-state index is 11.7. The van der Waals surface area contributed by atoms with Crippen LogP contribution in [0, 0.1) is 6.92 Å². The predicted molar refractivity (Wildman–Crippen MR) is 82.7 cm³/mol. The zero-order valence-corrected chi connectivity index (χ0v) is 12.4. The molecule has 0 saturated carbocycles. The predicted octanol–water partition coefficient (Wildman–Crippen LogP) is 3.74. The second kappa shape index (κ2) is 6.86. The number of rotatable bonds is 4. The first-order chi connectivity index (χ1) is 9.66. The first-order valence-electron chi connectivity index (χ1n) is 5.96. The van der Waals surface area contributed by atoms with Gasteiger partial charge < -0.3 is 4.42 Å². The lowest BCUT2D eigenvalue weighted by atomic mass is 10.2. The first-order valence-corrected chi connectivity index (χ1v) is 6.76. The van der Waals surface area contributed by atoms with E-state index < -0.39 is 0 Å². The van der Waals surface area contributed by atoms with Gasteiger partial charge in [-0.1, -0.05) is 30.3 Å². The minimum absolute atomic E-state index is 0.299. The minimum atomic E-state index is -0.299. The smallest absolute Gasteiger partial charge is 0.274 e. The minimum Gasteiger partial charge on any atom is -0.469 e. The Morgan fingerprint density at radius 1 is 1.30 bits per heavy atom. The molecule has 0 saturated heterocycles. The van der Waals surface area contributed by atoms with Crippen molar-refractivity contribution >= 4 is 34.1 Å². The number of furan rings is 1. The van der Waals surface area contributed by atoms with Crippen LogP contribution in [-0.4, -0.2) is 12.1 Å². The van der Waals surface area contributed by atoms with Gasteiger partial charge in [0.25, 0.3) is 5.91 Å². The summed E-state index contributed by atoms with van der Waals surface area (Å²) >= 11 is 3.37. The van der Waals surface area contributed by atoms with E-state index in [-0.39, 0.29) is 5.91 Å². The molecular weight excluding hydrogens is 320 g/mol. The molecule has 102 valence electrons. The third kappa shape index (κ3) is 3.93. The van der Waals surface area contributed by atoms with E-state index in [1.807, 2.05) is 36.4 Å². The summed E-state index contributed by atoms with van der Waals surface area (Å²) in [5.74, 6) is 0.268. The largest absolute Gasteiger partial charge is 0.469 e. The van der Waals surface area contributed by atoms with Gasteiger partial charge in [0.05, 0.1) is 18.0 Å². The van der Waals surface area contributed by atoms with Crippen LogP contribution in [-0.2, 0) is 0 Å². The molecule has 2 aromatic rings. The number of hydrogen-bond acceptors (Lipinski definition) is 3. The molecule has 20 heavy (non-hydrogen) atoms. The maximum Gasteiger partial charge on any atom is 0.274 e. The number of carbonyl (C=O) groups excluding carboxylic acids is 1. The van der Waals surface area contributed by atoms with Gasteiger partial charge in [-0.15, -0.1) is 0 Å². The molecule has 0 aliphatic carbocycles. The highest BCUT2D eigenvalue weighted by Gasteiger charge is 2.09. The molecule has 0 spiro atoms. The number of allylic oxidation sites excluding steroid dienone is 1. The van der Waals surface area contributed by atoms with Crippen molar-refractivity contribution in [2.75, 3.05) is 0 Å². The summed E-state index contributed by atoms with van der Waals surface area (Å²) in [7, 11) is 0. The van der Waals surface area contributed by atoms with Gasteiger partial charge >= 0.3 is 0 Å². The number of nitrogens with zero attached hydrogens (tertiary/aromatic N) is 1. The van der Waals surface area contributed by atoms with Gasteiger partial charge in [0.15, 0.2) is 0 Å². The summed E-state index contributed by atoms with van der Waals surface area (Å²) in [5.41, 5.74) is 3.96. The van der Waals surface area contributed by atoms with Crippen molar-refractivity contribution in [3.05, 3.63) is 64.0 Å². The molecule has 0 aliphatic heterocycles. The van der Waals surface area contributed by atoms with Crippen LogP contribution >= 0.6 is 15.9 Å². The molecule has 2 rings (SSSR count). The van der Waals surface area contributed by atoms with Crippen LogP contribution in [0.4, 0.5) is 0 Å². The van der Waals surface area contributed by atoms with Crippen molar-refractivity contribution in [1.29, 1.82) is 0 Å². The standard InChI is InChI=1S/C15H13BrN2O2/c1-11-14(7-8-20-11)15(19)18-17-10-13(16)9-12-5-3-2-4-6-12/h2-10H,1H3,(H,18,19)/b13-9+,17-10?. The van der Waals surface area contributed by atoms with E-state index in [1.165, 1.54) is 12.5 Å². The molecule has 1 N–H and O–H groups in total. The van der Waals surface area contributed by atoms with E-state index in [2.05, 4.69) is 26.5 Å². The lowest BCUT2D eigenvalue weighted by Crippen LogP contribution is -2.17. The topological polar surface area (TPSA) is 54.6 Å². The van der Waals surface area contributed by atoms with Crippen molar-refractivity contribution in [2.45, 2.75) is 6.92 Å². The number of hydrogen-bond donors (Lipinski definition) is 1. The van der Waals surface area contributed by atoms with Crippen molar-refractivity contribution in [1.82, 2.24) is 5.43 Å². The van der Waals surface area contributed by atoms with Crippen LogP contribution in [0.3, 0.4) is 0 Å². The fourth-order valence-electron chi connectivity index (χ4n) is 1.58. The fraction of sp³-hybridized carbons (Fsp3) is 0.0667. The lowest BCUT2D eigenvalue weighted by molar-refractivity contribution is 0.0953. The number of aryl methyl sites for hydroxylation is 1. The molecule has 0 radical (unpaired) electrons. The van der Waals surface area contributed by atoms with Crippen molar-refractivity contribution in [2.24, 2.45) is 5.10 Å². The Labute approximate surface area is 125 Å². The zero-order valence-electron chi connectivity index (χ0n) is 10.8. The Hall–Kier alpha value is -2.14. The summed E-state index contributed by atoms with van der Waals surface area (Å²) < 4.78 is 5.82. The number of halogens is 1. The average molecular weight is 333 g/mol. The van der Waals surface area contributed by atoms with Crippen LogP contribution in [0.1, 0.15) is 21.7 Å². The van der Waals surface area contributed by atoms with Gasteiger partial charge in [0.2, 0.25) is 0 Å². The summed E-state index contributed by atoms with van der Waals surface area (Å²) in [5, 5.41) is 3.88. The Bertz CT molecular complexity index is 645. The molecule has 1 amide bonds. The number of benzene rings is 1. The molecule has 0 bridgehead atoms. The molecule has 1 heterocycles. The van der Waals surface area contributed by atoms with Crippen LogP contribution in [0.15, 0.2) is 56.7 Å². The van der Waals surface area contributed by atoms with Crippen molar-refractivity contribution < 1.29 is 9.21 Å². The van der Waals surface area contributed by atoms with E-state index in [1.54, 1.807) is 13.0 Å². The van der Waals surface area contributed by atoms with Crippen LogP contribution in [0.5, 0.6) is 0 Å². The molecule has 0 atom stereocenters. The highest BCUT2D eigenvalue weighted by molar-refractivity contribution is 9.12. The number of amides is 1. The van der Waals surface area contributed by atoms with E-state index in [9.17, 15) is 4.79 Å². The molecule has 0 unspecified atom stereocenters. The summed E-state index contributed by atoms with van der Waals surface area (Å²) in [6, 6.07) is 11.4. The van der Waals surface area contributed by atoms with Gasteiger partial charge in [-0.25, -0.2) is 5.43 Å². The molecule has 1 aromatic carbocycles. The Morgan fingerprint density at radius 2 is 2.05 bits per heavy atom. The Kier molecular flexibility index (Phi) is 4.90. The van der Waals surface area contributed by atoms with Crippen LogP contribution in [0.2, 0.25) is 0 Å². The molecular formula is C15H13BrN2O2. The SMILES string of the molecule is Cc1occc1C(=O)NN=C/C(Br)=C\c1ccccc1. The summed E-state index contributed by atoms with van der Waals surface area (Å²) in [6.07, 6.45) is 4.90. The van der Waals surface area contributed by atoms with Crippen molar-refractivity contribution in [3.63, 3.8) is 0 Å². The highest BCUT2D eigenvalue weighted by Crippen LogP contribution is 2.10. The first kappa shape index (κ1) is 14.3. The fourth-order valence-corrected chi connectivity index (χ4v) is 1.95. The van der Waals surface area contributed by atoms with Gasteiger partial charge in [0, 0.05) is 4.48 Å². The molecule has 0 fully saturated rings. The third-order valence-corrected chi connectivity index (χ3v) is 3.00. The molecule has 5 heteroatoms. The zero-order chi connectivity index (χ0) is 14.4. The number of hydrazone groups is 1. The van der Waals surface area contributed by atoms with E-state index >= 15 is 0 Å². The number of nitrogens with one attached hydrogen (secondary N) is 1. The lowest BCUT2D eigenvalue weighted by Gasteiger charge is -1.97. The normalized spacial score (nSPS) is 11.8. The quantitative estimate of drug-likeness (QED) is 0.684. The summed E-state index contributed by atoms with van der Waals surface area (Å²) in [6.45, 7) is 1.73. The molecule has 0 aliphatic rings. The van der Waals surface area contributed by atoms with Gasteiger partial charge in [-0.05, 0) is 40.6 Å². The monoisotopic (exact) mass is 332 g/mol. The average Bonchev–Trinajstić information content (AvgIpc) is 2.86. The van der Waals surface area contributed by atoms with Crippen molar-refractivity contribution in [3.8, 4) is 0 Å². The Balaban J connectivity index is 1.95. The number of carbonyl (C=O) groups is 1. The van der Waals surface area contributed by atoms with Crippen LogP contribution < -0.4 is 5.43 Å². The second-order valence-corrected chi connectivity index (χ2v) is 4.95. The second-order valence-electron chi connectivity index (χ2n) is 4.03. The molecule has 4 nitrogen and oxygen atoms in total. The highest BCUT2D eigenvalue weighted by atomic mass is 79.9. The van der Waals surface area contributed by atoms with E-state index in [0.29, 0.717) is 11.3 Å².